The molecule has 0 N–H and O–H groups in total. The van der Waals surface area contributed by atoms with Crippen LogP contribution < -0.4 is 4.90 Å². The molecule has 2 rings (SSSR count). The maximum Gasteiger partial charge on any atom is 0.225 e. The second-order valence-electron chi connectivity index (χ2n) is 6.00. The minimum absolute atomic E-state index is 0.122. The van der Waals surface area contributed by atoms with E-state index < -0.39 is 0 Å². The van der Waals surface area contributed by atoms with Crippen LogP contribution in [0.15, 0.2) is 18.6 Å². The minimum atomic E-state index is 0.122. The van der Waals surface area contributed by atoms with Gasteiger partial charge >= 0.3 is 0 Å². The van der Waals surface area contributed by atoms with Crippen molar-refractivity contribution >= 4 is 11.7 Å². The zero-order valence-electron chi connectivity index (χ0n) is 14.3. The number of carbonyl (C=O) groups is 1. The first-order chi connectivity index (χ1) is 11.3. The largest absolute Gasteiger partial charge is 0.383 e. The van der Waals surface area contributed by atoms with Crippen LogP contribution in [0.1, 0.15) is 32.6 Å². The van der Waals surface area contributed by atoms with Crippen molar-refractivity contribution in [1.29, 1.82) is 0 Å². The smallest absolute Gasteiger partial charge is 0.225 e. The highest BCUT2D eigenvalue weighted by Gasteiger charge is 2.28. The molecule has 6 heteroatoms. The average molecular weight is 320 g/mol. The van der Waals surface area contributed by atoms with Gasteiger partial charge in [-0.25, -0.2) is 4.98 Å². The van der Waals surface area contributed by atoms with Gasteiger partial charge in [-0.2, -0.15) is 0 Å². The Kier molecular flexibility index (Phi) is 7.26. The van der Waals surface area contributed by atoms with Crippen molar-refractivity contribution in [3.8, 4) is 0 Å². The SMILES string of the molecule is CCCCN(CCOC)C(=O)C1CCN(c2cnccn2)CC1. The Labute approximate surface area is 138 Å². The number of anilines is 1. The van der Waals surface area contributed by atoms with Crippen LogP contribution in [-0.4, -0.2) is 60.7 Å². The normalized spacial score (nSPS) is 15.7. The lowest BCUT2D eigenvalue weighted by Gasteiger charge is -2.34. The number of hydrogen-bond acceptors (Lipinski definition) is 5. The van der Waals surface area contributed by atoms with Gasteiger partial charge in [-0.15, -0.1) is 0 Å². The van der Waals surface area contributed by atoms with Gasteiger partial charge in [0.2, 0.25) is 5.91 Å². The van der Waals surface area contributed by atoms with Crippen molar-refractivity contribution < 1.29 is 9.53 Å². The predicted molar refractivity (Wildman–Crippen MR) is 90.3 cm³/mol. The number of rotatable bonds is 8. The first-order valence-corrected chi connectivity index (χ1v) is 8.55. The molecule has 128 valence electrons. The Morgan fingerprint density at radius 1 is 1.35 bits per heavy atom. The third-order valence-electron chi connectivity index (χ3n) is 4.38. The second kappa shape index (κ2) is 9.45. The summed E-state index contributed by atoms with van der Waals surface area (Å²) in [5, 5.41) is 0. The molecule has 0 spiro atoms. The number of aromatic nitrogens is 2. The molecule has 0 radical (unpaired) electrons. The van der Waals surface area contributed by atoms with E-state index in [1.54, 1.807) is 25.7 Å². The Bertz CT molecular complexity index is 453. The number of methoxy groups -OCH3 is 1. The van der Waals surface area contributed by atoms with Crippen molar-refractivity contribution in [2.75, 3.05) is 44.8 Å². The molecule has 1 aliphatic rings. The van der Waals surface area contributed by atoms with Gasteiger partial charge < -0.3 is 14.5 Å². The molecule has 0 aromatic carbocycles. The summed E-state index contributed by atoms with van der Waals surface area (Å²) in [7, 11) is 1.68. The molecule has 1 aromatic heterocycles. The van der Waals surface area contributed by atoms with Crippen molar-refractivity contribution in [1.82, 2.24) is 14.9 Å². The highest BCUT2D eigenvalue weighted by atomic mass is 16.5. The summed E-state index contributed by atoms with van der Waals surface area (Å²) in [4.78, 5) is 25.4. The third-order valence-corrected chi connectivity index (χ3v) is 4.38. The summed E-state index contributed by atoms with van der Waals surface area (Å²) in [6.45, 7) is 6.01. The van der Waals surface area contributed by atoms with Crippen LogP contribution in [0.2, 0.25) is 0 Å². The van der Waals surface area contributed by atoms with E-state index in [1.165, 1.54) is 0 Å². The molecule has 1 saturated heterocycles. The van der Waals surface area contributed by atoms with Gasteiger partial charge in [0.25, 0.3) is 0 Å². The Morgan fingerprint density at radius 3 is 2.74 bits per heavy atom. The van der Waals surface area contributed by atoms with E-state index in [0.717, 1.165) is 51.1 Å². The lowest BCUT2D eigenvalue weighted by molar-refractivity contribution is -0.136. The molecule has 0 saturated carbocycles. The van der Waals surface area contributed by atoms with E-state index in [2.05, 4.69) is 21.8 Å². The summed E-state index contributed by atoms with van der Waals surface area (Å²) >= 11 is 0. The van der Waals surface area contributed by atoms with Gasteiger partial charge in [0.15, 0.2) is 0 Å². The van der Waals surface area contributed by atoms with E-state index in [9.17, 15) is 4.79 Å². The molecule has 6 nitrogen and oxygen atoms in total. The topological polar surface area (TPSA) is 58.6 Å². The van der Waals surface area contributed by atoms with Gasteiger partial charge in [-0.1, -0.05) is 13.3 Å². The average Bonchev–Trinajstić information content (AvgIpc) is 2.62. The molecule has 0 unspecified atom stereocenters. The molecule has 0 aliphatic carbocycles. The van der Waals surface area contributed by atoms with Crippen LogP contribution in [0, 0.1) is 5.92 Å². The Balaban J connectivity index is 1.87. The van der Waals surface area contributed by atoms with Crippen LogP contribution in [-0.2, 0) is 9.53 Å². The fraction of sp³-hybridized carbons (Fsp3) is 0.706. The fourth-order valence-electron chi connectivity index (χ4n) is 2.95. The van der Waals surface area contributed by atoms with Crippen LogP contribution >= 0.6 is 0 Å². The maximum atomic E-state index is 12.8. The van der Waals surface area contributed by atoms with Gasteiger partial charge in [0, 0.05) is 51.6 Å². The van der Waals surface area contributed by atoms with Crippen molar-refractivity contribution in [2.45, 2.75) is 32.6 Å². The number of hydrogen-bond donors (Lipinski definition) is 0. The number of amides is 1. The number of ether oxygens (including phenoxy) is 1. The van der Waals surface area contributed by atoms with E-state index in [-0.39, 0.29) is 11.8 Å². The molecule has 1 fully saturated rings. The Hall–Kier alpha value is -1.69. The lowest BCUT2D eigenvalue weighted by Crippen LogP contribution is -2.44. The van der Waals surface area contributed by atoms with Gasteiger partial charge in [-0.05, 0) is 19.3 Å². The van der Waals surface area contributed by atoms with Crippen LogP contribution in [0.5, 0.6) is 0 Å². The first-order valence-electron chi connectivity index (χ1n) is 8.55. The molecule has 2 heterocycles. The standard InChI is InChI=1S/C17H28N4O2/c1-3-4-9-21(12-13-23-2)17(22)15-5-10-20(11-6-15)16-14-18-7-8-19-16/h7-8,14-15H,3-6,9-13H2,1-2H3. The van der Waals surface area contributed by atoms with Crippen molar-refractivity contribution in [3.05, 3.63) is 18.6 Å². The molecule has 1 aliphatic heterocycles. The molecular formula is C17H28N4O2. The molecule has 1 amide bonds. The number of carbonyl (C=O) groups excluding carboxylic acids is 1. The van der Waals surface area contributed by atoms with Gasteiger partial charge in [0.1, 0.15) is 5.82 Å². The van der Waals surface area contributed by atoms with Gasteiger partial charge in [0.05, 0.1) is 12.8 Å². The molecule has 23 heavy (non-hydrogen) atoms. The fourth-order valence-corrected chi connectivity index (χ4v) is 2.95. The first kappa shape index (κ1) is 17.7. The number of piperidine rings is 1. The summed E-state index contributed by atoms with van der Waals surface area (Å²) in [5.41, 5.74) is 0. The van der Waals surface area contributed by atoms with E-state index >= 15 is 0 Å². The van der Waals surface area contributed by atoms with Crippen LogP contribution in [0.4, 0.5) is 5.82 Å². The van der Waals surface area contributed by atoms with Crippen molar-refractivity contribution in [2.24, 2.45) is 5.92 Å². The van der Waals surface area contributed by atoms with Crippen LogP contribution in [0.25, 0.3) is 0 Å². The monoisotopic (exact) mass is 320 g/mol. The second-order valence-corrected chi connectivity index (χ2v) is 6.00. The van der Waals surface area contributed by atoms with Crippen molar-refractivity contribution in [3.63, 3.8) is 0 Å². The summed E-state index contributed by atoms with van der Waals surface area (Å²) in [6.07, 6.45) is 9.09. The highest BCUT2D eigenvalue weighted by molar-refractivity contribution is 5.79. The molecule has 1 aromatic rings. The lowest BCUT2D eigenvalue weighted by atomic mass is 9.95. The summed E-state index contributed by atoms with van der Waals surface area (Å²) in [6, 6.07) is 0. The maximum absolute atomic E-state index is 12.8. The molecular weight excluding hydrogens is 292 g/mol. The molecule has 0 atom stereocenters. The quantitative estimate of drug-likeness (QED) is 0.733. The van der Waals surface area contributed by atoms with E-state index in [1.807, 2.05) is 4.90 Å². The third kappa shape index (κ3) is 5.16. The van der Waals surface area contributed by atoms with E-state index in [0.29, 0.717) is 13.2 Å². The zero-order chi connectivity index (χ0) is 16.5. The van der Waals surface area contributed by atoms with Crippen LogP contribution in [0.3, 0.4) is 0 Å². The Morgan fingerprint density at radius 2 is 2.13 bits per heavy atom. The molecule has 0 bridgehead atoms. The predicted octanol–water partition coefficient (Wildman–Crippen LogP) is 1.97. The zero-order valence-corrected chi connectivity index (χ0v) is 14.3. The number of unbranched alkanes of at least 4 members (excludes halogenated alkanes) is 1. The van der Waals surface area contributed by atoms with E-state index in [4.69, 9.17) is 4.74 Å². The summed E-state index contributed by atoms with van der Waals surface area (Å²) in [5.74, 6) is 1.31. The minimum Gasteiger partial charge on any atom is -0.383 e. The van der Waals surface area contributed by atoms with Gasteiger partial charge in [-0.3, -0.25) is 9.78 Å². The summed E-state index contributed by atoms with van der Waals surface area (Å²) < 4.78 is 5.15. The number of nitrogens with zero attached hydrogens (tertiary/aromatic N) is 4. The highest BCUT2D eigenvalue weighted by Crippen LogP contribution is 2.23.